The van der Waals surface area contributed by atoms with Crippen LogP contribution < -0.4 is 5.32 Å². The Morgan fingerprint density at radius 2 is 2.20 bits per heavy atom. The molecule has 1 atom stereocenters. The molecule has 0 aromatic rings. The van der Waals surface area contributed by atoms with E-state index in [2.05, 4.69) is 19.2 Å². The van der Waals surface area contributed by atoms with Crippen molar-refractivity contribution in [3.8, 4) is 0 Å². The van der Waals surface area contributed by atoms with E-state index in [0.717, 1.165) is 6.54 Å². The van der Waals surface area contributed by atoms with Crippen LogP contribution >= 0.6 is 0 Å². The first-order valence-corrected chi connectivity index (χ1v) is 3.85. The summed E-state index contributed by atoms with van der Waals surface area (Å²) in [5, 5.41) is 3.23. The first kappa shape index (κ1) is 7.73. The molecule has 0 aromatic carbocycles. The van der Waals surface area contributed by atoms with Crippen molar-refractivity contribution >= 4 is 5.78 Å². The van der Waals surface area contributed by atoms with Crippen LogP contribution in [0, 0.1) is 5.92 Å². The van der Waals surface area contributed by atoms with E-state index in [-0.39, 0.29) is 5.54 Å². The standard InChI is InChI=1S/C8H15NO/c1-6(2)8(3)7(10)4-5-9-8/h6,9H,4-5H2,1-3H3. The molecule has 1 aliphatic heterocycles. The second-order valence-electron chi connectivity index (χ2n) is 3.46. The quantitative estimate of drug-likeness (QED) is 0.589. The van der Waals surface area contributed by atoms with E-state index in [1.807, 2.05) is 6.92 Å². The maximum atomic E-state index is 11.3. The number of nitrogens with one attached hydrogen (secondary N) is 1. The predicted octanol–water partition coefficient (Wildman–Crippen LogP) is 0.964. The monoisotopic (exact) mass is 141 g/mol. The fourth-order valence-electron chi connectivity index (χ4n) is 1.32. The average molecular weight is 141 g/mol. The first-order chi connectivity index (χ1) is 4.57. The van der Waals surface area contributed by atoms with Crippen molar-refractivity contribution in [3.63, 3.8) is 0 Å². The lowest BCUT2D eigenvalue weighted by atomic mass is 9.86. The van der Waals surface area contributed by atoms with Gasteiger partial charge in [-0.2, -0.15) is 0 Å². The van der Waals surface area contributed by atoms with Crippen LogP contribution in [0.1, 0.15) is 27.2 Å². The minimum absolute atomic E-state index is 0.236. The van der Waals surface area contributed by atoms with Gasteiger partial charge >= 0.3 is 0 Å². The molecule has 0 saturated carbocycles. The highest BCUT2D eigenvalue weighted by molar-refractivity contribution is 5.90. The van der Waals surface area contributed by atoms with Gasteiger partial charge in [-0.05, 0) is 12.8 Å². The molecule has 0 amide bonds. The summed E-state index contributed by atoms with van der Waals surface area (Å²) in [5.74, 6) is 0.769. The Labute approximate surface area is 62.0 Å². The van der Waals surface area contributed by atoms with Crippen LogP contribution in [-0.4, -0.2) is 17.9 Å². The summed E-state index contributed by atoms with van der Waals surface area (Å²) >= 11 is 0. The summed E-state index contributed by atoms with van der Waals surface area (Å²) in [6.45, 7) is 7.01. The van der Waals surface area contributed by atoms with Crippen molar-refractivity contribution in [2.24, 2.45) is 5.92 Å². The molecule has 1 aliphatic rings. The molecule has 1 N–H and O–H groups in total. The van der Waals surface area contributed by atoms with Crippen molar-refractivity contribution < 1.29 is 4.79 Å². The van der Waals surface area contributed by atoms with Gasteiger partial charge in [0.2, 0.25) is 0 Å². The fraction of sp³-hybridized carbons (Fsp3) is 0.875. The van der Waals surface area contributed by atoms with E-state index in [1.165, 1.54) is 0 Å². The summed E-state index contributed by atoms with van der Waals surface area (Å²) in [5.41, 5.74) is -0.236. The summed E-state index contributed by atoms with van der Waals surface area (Å²) in [7, 11) is 0. The molecule has 2 nitrogen and oxygen atoms in total. The lowest BCUT2D eigenvalue weighted by Gasteiger charge is -2.26. The highest BCUT2D eigenvalue weighted by atomic mass is 16.1. The molecule has 1 fully saturated rings. The molecule has 1 unspecified atom stereocenters. The topological polar surface area (TPSA) is 29.1 Å². The first-order valence-electron chi connectivity index (χ1n) is 3.85. The summed E-state index contributed by atoms with van der Waals surface area (Å²) in [4.78, 5) is 11.3. The molecule has 1 saturated heterocycles. The largest absolute Gasteiger partial charge is 0.305 e. The molecule has 0 aromatic heterocycles. The van der Waals surface area contributed by atoms with Gasteiger partial charge in [0.05, 0.1) is 5.54 Å². The second kappa shape index (κ2) is 2.35. The maximum Gasteiger partial charge on any atom is 0.154 e. The van der Waals surface area contributed by atoms with E-state index >= 15 is 0 Å². The Morgan fingerprint density at radius 3 is 2.40 bits per heavy atom. The zero-order valence-electron chi connectivity index (χ0n) is 6.90. The normalized spacial score (nSPS) is 33.8. The SMILES string of the molecule is CC(C)C1(C)NCCC1=O. The van der Waals surface area contributed by atoms with Gasteiger partial charge in [-0.15, -0.1) is 0 Å². The minimum atomic E-state index is -0.236. The van der Waals surface area contributed by atoms with E-state index in [9.17, 15) is 4.79 Å². The number of Topliss-reactive ketones (excluding diaryl/α,β-unsaturated/α-hetero) is 1. The third kappa shape index (κ3) is 0.966. The molecular weight excluding hydrogens is 126 g/mol. The third-order valence-electron chi connectivity index (χ3n) is 2.58. The molecule has 0 radical (unpaired) electrons. The Bertz CT molecular complexity index is 153. The van der Waals surface area contributed by atoms with Crippen molar-refractivity contribution in [1.82, 2.24) is 5.32 Å². The van der Waals surface area contributed by atoms with Crippen molar-refractivity contribution in [2.75, 3.05) is 6.54 Å². The van der Waals surface area contributed by atoms with Crippen molar-refractivity contribution in [2.45, 2.75) is 32.7 Å². The minimum Gasteiger partial charge on any atom is -0.305 e. The molecule has 2 heteroatoms. The molecule has 1 rings (SSSR count). The third-order valence-corrected chi connectivity index (χ3v) is 2.58. The van der Waals surface area contributed by atoms with Gasteiger partial charge in [0.25, 0.3) is 0 Å². The van der Waals surface area contributed by atoms with E-state index < -0.39 is 0 Å². The molecule has 10 heavy (non-hydrogen) atoms. The Kier molecular flexibility index (Phi) is 1.82. The van der Waals surface area contributed by atoms with Crippen molar-refractivity contribution in [1.29, 1.82) is 0 Å². The number of hydrogen-bond donors (Lipinski definition) is 1. The maximum absolute atomic E-state index is 11.3. The van der Waals surface area contributed by atoms with Gasteiger partial charge in [-0.25, -0.2) is 0 Å². The highest BCUT2D eigenvalue weighted by Gasteiger charge is 2.39. The molecule has 0 aliphatic carbocycles. The summed E-state index contributed by atoms with van der Waals surface area (Å²) < 4.78 is 0. The number of hydrogen-bond acceptors (Lipinski definition) is 2. The number of carbonyl (C=O) groups is 1. The van der Waals surface area contributed by atoms with E-state index in [0.29, 0.717) is 18.1 Å². The smallest absolute Gasteiger partial charge is 0.154 e. The molecule has 0 bridgehead atoms. The van der Waals surface area contributed by atoms with Gasteiger partial charge < -0.3 is 5.32 Å². The zero-order chi connectivity index (χ0) is 7.78. The second-order valence-corrected chi connectivity index (χ2v) is 3.46. The van der Waals surface area contributed by atoms with Crippen LogP contribution in [0.2, 0.25) is 0 Å². The van der Waals surface area contributed by atoms with Crippen LogP contribution in [0.4, 0.5) is 0 Å². The summed E-state index contributed by atoms with van der Waals surface area (Å²) in [6, 6.07) is 0. The van der Waals surface area contributed by atoms with Crippen LogP contribution in [0.5, 0.6) is 0 Å². The zero-order valence-corrected chi connectivity index (χ0v) is 6.90. The van der Waals surface area contributed by atoms with Gasteiger partial charge in [0.15, 0.2) is 5.78 Å². The van der Waals surface area contributed by atoms with Crippen molar-refractivity contribution in [3.05, 3.63) is 0 Å². The molecular formula is C8H15NO. The Hall–Kier alpha value is -0.370. The van der Waals surface area contributed by atoms with Gasteiger partial charge in [0, 0.05) is 13.0 Å². The molecule has 58 valence electrons. The average Bonchev–Trinajstić information content (AvgIpc) is 2.15. The van der Waals surface area contributed by atoms with E-state index in [1.54, 1.807) is 0 Å². The number of rotatable bonds is 1. The number of ketones is 1. The predicted molar refractivity (Wildman–Crippen MR) is 40.9 cm³/mol. The summed E-state index contributed by atoms with van der Waals surface area (Å²) in [6.07, 6.45) is 0.703. The van der Waals surface area contributed by atoms with Crippen LogP contribution in [0.15, 0.2) is 0 Å². The van der Waals surface area contributed by atoms with Gasteiger partial charge in [0.1, 0.15) is 0 Å². The fourth-order valence-corrected chi connectivity index (χ4v) is 1.32. The van der Waals surface area contributed by atoms with Crippen LogP contribution in [0.3, 0.4) is 0 Å². The number of carbonyl (C=O) groups excluding carboxylic acids is 1. The van der Waals surface area contributed by atoms with E-state index in [4.69, 9.17) is 0 Å². The van der Waals surface area contributed by atoms with Crippen LogP contribution in [0.25, 0.3) is 0 Å². The lowest BCUT2D eigenvalue weighted by molar-refractivity contribution is -0.123. The Morgan fingerprint density at radius 1 is 1.60 bits per heavy atom. The van der Waals surface area contributed by atoms with Crippen LogP contribution in [-0.2, 0) is 4.79 Å². The van der Waals surface area contributed by atoms with Gasteiger partial charge in [-0.1, -0.05) is 13.8 Å². The molecule has 0 spiro atoms. The highest BCUT2D eigenvalue weighted by Crippen LogP contribution is 2.22. The molecule has 1 heterocycles. The van der Waals surface area contributed by atoms with Gasteiger partial charge in [-0.3, -0.25) is 4.79 Å². The Balaban J connectivity index is 2.75. The lowest BCUT2D eigenvalue weighted by Crippen LogP contribution is -2.46.